The molecule has 0 aromatic carbocycles. The summed E-state index contributed by atoms with van der Waals surface area (Å²) >= 11 is 0. The lowest BCUT2D eigenvalue weighted by Gasteiger charge is -2.48. The van der Waals surface area contributed by atoms with Crippen LogP contribution in [0.2, 0.25) is 0 Å². The molecule has 0 amide bonds. The van der Waals surface area contributed by atoms with E-state index in [-0.39, 0.29) is 31.4 Å². The van der Waals surface area contributed by atoms with E-state index in [1.165, 1.54) is 14.0 Å². The molecule has 5 aliphatic rings. The smallest absolute Gasteiger partial charge is 0.458 e. The number of nitrogens with zero attached hydrogens (tertiary/aromatic N) is 1. The van der Waals surface area contributed by atoms with Crippen LogP contribution in [0.1, 0.15) is 94.9 Å². The van der Waals surface area contributed by atoms with Crippen molar-refractivity contribution in [2.45, 2.75) is 185 Å². The molecule has 53 heavy (non-hydrogen) atoms. The van der Waals surface area contributed by atoms with E-state index >= 15 is 4.39 Å². The second-order valence-corrected chi connectivity index (χ2v) is 17.3. The molecule has 0 aliphatic carbocycles. The van der Waals surface area contributed by atoms with Crippen molar-refractivity contribution in [3.8, 4) is 0 Å². The zero-order valence-corrected chi connectivity index (χ0v) is 33.7. The number of rotatable bonds is 7. The number of carbonyl (C=O) groups is 2. The highest BCUT2D eigenvalue weighted by Crippen LogP contribution is 2.53. The lowest BCUT2D eigenvalue weighted by atomic mass is 9.75. The predicted octanol–water partition coefficient (Wildman–Crippen LogP) is 4.10. The second kappa shape index (κ2) is 15.3. The molecule has 0 aromatic rings. The van der Waals surface area contributed by atoms with E-state index in [4.69, 9.17) is 42.6 Å². The van der Waals surface area contributed by atoms with Gasteiger partial charge in [0.2, 0.25) is 0 Å². The van der Waals surface area contributed by atoms with E-state index in [0.29, 0.717) is 6.42 Å². The van der Waals surface area contributed by atoms with Crippen LogP contribution in [0.25, 0.3) is 0 Å². The van der Waals surface area contributed by atoms with E-state index < -0.39 is 114 Å². The minimum absolute atomic E-state index is 0.189. The van der Waals surface area contributed by atoms with Crippen molar-refractivity contribution in [1.29, 1.82) is 0 Å². The van der Waals surface area contributed by atoms with Gasteiger partial charge in [-0.25, -0.2) is 9.18 Å². The Bertz CT molecular complexity index is 1320. The summed E-state index contributed by atoms with van der Waals surface area (Å²) in [6, 6.07) is -0.295. The van der Waals surface area contributed by atoms with Crippen molar-refractivity contribution in [1.82, 2.24) is 4.90 Å². The van der Waals surface area contributed by atoms with Gasteiger partial charge in [0.05, 0.1) is 41.9 Å². The second-order valence-electron chi connectivity index (χ2n) is 17.3. The number of carbonyl (C=O) groups excluding carboxylic acids is 2. The first-order valence-corrected chi connectivity index (χ1v) is 19.2. The fourth-order valence-corrected chi connectivity index (χ4v) is 10.00. The Hall–Kier alpha value is -1.69. The summed E-state index contributed by atoms with van der Waals surface area (Å²) in [4.78, 5) is 29.1. The summed E-state index contributed by atoms with van der Waals surface area (Å²) in [5.41, 5.74) is -4.61. The number of likely N-dealkylation sites (N-methyl/N-ethyl adjacent to an activating group) is 1. The molecule has 306 valence electrons. The average Bonchev–Trinajstić information content (AvgIpc) is 3.50. The summed E-state index contributed by atoms with van der Waals surface area (Å²) in [7, 11) is 5.18. The van der Waals surface area contributed by atoms with Crippen molar-refractivity contribution >= 4 is 12.1 Å². The van der Waals surface area contributed by atoms with E-state index in [9.17, 15) is 19.8 Å². The van der Waals surface area contributed by atoms with Gasteiger partial charge in [0.15, 0.2) is 30.1 Å². The number of aliphatic hydroxyl groups is 2. The maximum atomic E-state index is 16.1. The molecule has 0 aromatic heterocycles. The zero-order chi connectivity index (χ0) is 39.6. The Morgan fingerprint density at radius 1 is 0.962 bits per heavy atom. The van der Waals surface area contributed by atoms with Gasteiger partial charge in [-0.1, -0.05) is 27.7 Å². The minimum atomic E-state index is -1.88. The Morgan fingerprint density at radius 3 is 2.21 bits per heavy atom. The first-order chi connectivity index (χ1) is 24.5. The quantitative estimate of drug-likeness (QED) is 0.357. The van der Waals surface area contributed by atoms with Gasteiger partial charge in [0.1, 0.15) is 24.0 Å². The number of cyclic esters (lactones) is 1. The number of fused-ring (bicyclic) bond motifs is 3. The van der Waals surface area contributed by atoms with Crippen LogP contribution in [0.3, 0.4) is 0 Å². The van der Waals surface area contributed by atoms with Crippen LogP contribution in [-0.2, 0) is 47.4 Å². The van der Waals surface area contributed by atoms with Crippen LogP contribution in [-0.4, -0.2) is 139 Å². The molecule has 5 aliphatic heterocycles. The lowest BCUT2D eigenvalue weighted by molar-refractivity contribution is -0.336. The Kier molecular flexibility index (Phi) is 12.3. The number of hydrogen-bond acceptors (Lipinski definition) is 14. The molecule has 0 saturated carbocycles. The highest BCUT2D eigenvalue weighted by atomic mass is 19.1. The standard InChI is InChI=1S/C38H64FNO13/c1-14-25-37(10)30(51-34(43)52-37)22(6)38(44)18(2)16-36(9,53-38)29(50-33-27(41)24(40(11)12)15-19(3)46-33)20(4)28(21(5)32(42)48-25)49-26-17-35(8,39)31(45-13)23(7)47-26/h18-31,33,41,44H,14-17H2,1-13H3/t18-,19-,20+,21-,22-,23+,24+,25-,26+,27-,28+,29-,30-,31+,33+,35+,36-,37-,38+/m1/s1. The van der Waals surface area contributed by atoms with Gasteiger partial charge in [0, 0.05) is 31.4 Å². The number of ether oxygens (including phenoxy) is 9. The molecular formula is C38H64FNO13. The summed E-state index contributed by atoms with van der Waals surface area (Å²) in [5, 5.41) is 24.2. The minimum Gasteiger partial charge on any atom is -0.458 e. The Morgan fingerprint density at radius 2 is 1.62 bits per heavy atom. The van der Waals surface area contributed by atoms with Crippen molar-refractivity contribution in [3.63, 3.8) is 0 Å². The third kappa shape index (κ3) is 7.72. The average molecular weight is 762 g/mol. The maximum Gasteiger partial charge on any atom is 0.509 e. The summed E-state index contributed by atoms with van der Waals surface area (Å²) in [6.07, 6.45) is -9.27. The van der Waals surface area contributed by atoms with Crippen LogP contribution in [0.15, 0.2) is 0 Å². The van der Waals surface area contributed by atoms with Crippen LogP contribution >= 0.6 is 0 Å². The van der Waals surface area contributed by atoms with Crippen molar-refractivity contribution in [2.75, 3.05) is 21.2 Å². The number of hydrogen-bond donors (Lipinski definition) is 2. The summed E-state index contributed by atoms with van der Waals surface area (Å²) in [6.45, 7) is 17.3. The van der Waals surface area contributed by atoms with Crippen molar-refractivity contribution in [2.24, 2.45) is 23.7 Å². The molecule has 15 heteroatoms. The number of methoxy groups -OCH3 is 1. The molecule has 5 saturated heterocycles. The monoisotopic (exact) mass is 761 g/mol. The molecule has 0 spiro atoms. The van der Waals surface area contributed by atoms with E-state index in [1.807, 2.05) is 46.7 Å². The third-order valence-electron chi connectivity index (χ3n) is 12.8. The fourth-order valence-electron chi connectivity index (χ4n) is 10.00. The predicted molar refractivity (Wildman–Crippen MR) is 187 cm³/mol. The Balaban J connectivity index is 1.63. The summed E-state index contributed by atoms with van der Waals surface area (Å²) < 4.78 is 72.0. The largest absolute Gasteiger partial charge is 0.509 e. The van der Waals surface area contributed by atoms with Gasteiger partial charge in [-0.15, -0.1) is 0 Å². The Labute approximate surface area is 313 Å². The molecule has 14 nitrogen and oxygen atoms in total. The van der Waals surface area contributed by atoms with Gasteiger partial charge in [0.25, 0.3) is 0 Å². The summed E-state index contributed by atoms with van der Waals surface area (Å²) in [5.74, 6) is -5.70. The highest BCUT2D eigenvalue weighted by Gasteiger charge is 2.67. The molecular weight excluding hydrogens is 697 g/mol. The third-order valence-corrected chi connectivity index (χ3v) is 12.8. The van der Waals surface area contributed by atoms with E-state index in [0.717, 1.165) is 0 Å². The number of halogens is 1. The normalized spacial score (nSPS) is 52.4. The van der Waals surface area contributed by atoms with Crippen LogP contribution in [0, 0.1) is 23.7 Å². The first-order valence-electron chi connectivity index (χ1n) is 19.2. The van der Waals surface area contributed by atoms with Gasteiger partial charge in [-0.05, 0) is 74.9 Å². The zero-order valence-electron chi connectivity index (χ0n) is 33.7. The number of aliphatic hydroxyl groups excluding tert-OH is 1. The molecule has 5 heterocycles. The highest BCUT2D eigenvalue weighted by molar-refractivity contribution is 5.73. The fraction of sp³-hybridized carbons (Fsp3) is 0.947. The van der Waals surface area contributed by atoms with Crippen molar-refractivity contribution in [3.05, 3.63) is 0 Å². The van der Waals surface area contributed by atoms with Gasteiger partial charge in [-0.3, -0.25) is 4.79 Å². The molecule has 5 rings (SSSR count). The van der Waals surface area contributed by atoms with E-state index in [1.54, 1.807) is 34.6 Å². The maximum absolute atomic E-state index is 16.1. The van der Waals surface area contributed by atoms with E-state index in [2.05, 4.69) is 0 Å². The molecule has 0 radical (unpaired) electrons. The molecule has 0 unspecified atom stereocenters. The lowest BCUT2D eigenvalue weighted by Crippen LogP contribution is -2.60. The van der Waals surface area contributed by atoms with Crippen LogP contribution in [0.4, 0.5) is 9.18 Å². The van der Waals surface area contributed by atoms with Gasteiger partial charge < -0.3 is 57.7 Å². The first kappa shape index (κ1) is 42.5. The van der Waals surface area contributed by atoms with Gasteiger partial charge >= 0.3 is 12.1 Å². The van der Waals surface area contributed by atoms with Crippen LogP contribution in [0.5, 0.6) is 0 Å². The molecule has 2 bridgehead atoms. The number of esters is 1. The molecule has 2 N–H and O–H groups in total. The van der Waals surface area contributed by atoms with Crippen molar-refractivity contribution < 1.29 is 66.8 Å². The molecule has 5 fully saturated rings. The van der Waals surface area contributed by atoms with Crippen LogP contribution < -0.4 is 0 Å². The molecule has 19 atom stereocenters. The van der Waals surface area contributed by atoms with Gasteiger partial charge in [-0.2, -0.15) is 0 Å². The topological polar surface area (TPSA) is 161 Å². The SMILES string of the molecule is CC[C@H]1OC(=O)[C@H](C)[C@@H](O[C@H]2C[C@](C)(F)[C@@H](OC)[C@H](C)O2)[C@H](C)[C@@H](O[C@@H]2O[C@H](C)C[C@H](N(C)C)[C@H]2O)[C@@]2(C)C[C@@H](C)[C@](O)(O2)[C@H](C)[C@H]2OC(=O)O[C@@]21C. The number of alkyl halides is 1.